The number of hydrogen-bond donors (Lipinski definition) is 2. The number of nitrogens with two attached hydrogens (primary N) is 1. The Morgan fingerprint density at radius 1 is 1.22 bits per heavy atom. The van der Waals surface area contributed by atoms with Gasteiger partial charge < -0.3 is 11.1 Å². The van der Waals surface area contributed by atoms with Gasteiger partial charge in [0.1, 0.15) is 0 Å². The molecule has 0 bridgehead atoms. The van der Waals surface area contributed by atoms with Crippen LogP contribution in [0.15, 0.2) is 17.0 Å². The average molecular weight is 394 g/mol. The molecule has 0 radical (unpaired) electrons. The minimum absolute atomic E-state index is 0.0391. The summed E-state index contributed by atoms with van der Waals surface area (Å²) >= 11 is 0. The zero-order valence-corrected chi connectivity index (χ0v) is 17.3. The second-order valence-electron chi connectivity index (χ2n) is 8.16. The van der Waals surface area contributed by atoms with E-state index in [0.29, 0.717) is 42.6 Å². The van der Waals surface area contributed by atoms with Gasteiger partial charge in [0.05, 0.1) is 4.90 Å². The van der Waals surface area contributed by atoms with Gasteiger partial charge in [-0.1, -0.05) is 6.92 Å². The van der Waals surface area contributed by atoms with Crippen LogP contribution in [0.5, 0.6) is 0 Å². The SMILES string of the molecule is Cc1cc(C(=O)NC(CN)C2CC2)cc(S(=O)(=O)N2CCC(C)CC2)c1C. The van der Waals surface area contributed by atoms with Gasteiger partial charge >= 0.3 is 0 Å². The summed E-state index contributed by atoms with van der Waals surface area (Å²) in [5.41, 5.74) is 7.69. The number of sulfonamides is 1. The Balaban J connectivity index is 1.88. The van der Waals surface area contributed by atoms with Crippen LogP contribution in [0.1, 0.15) is 54.1 Å². The Bertz CT molecular complexity index is 810. The largest absolute Gasteiger partial charge is 0.348 e. The quantitative estimate of drug-likeness (QED) is 0.775. The second-order valence-corrected chi connectivity index (χ2v) is 10.1. The lowest BCUT2D eigenvalue weighted by molar-refractivity contribution is 0.0933. The molecule has 1 aromatic carbocycles. The molecular weight excluding hydrogens is 362 g/mol. The van der Waals surface area contributed by atoms with Crippen LogP contribution >= 0.6 is 0 Å². The maximum Gasteiger partial charge on any atom is 0.251 e. The highest BCUT2D eigenvalue weighted by Gasteiger charge is 2.33. The molecule has 1 unspecified atom stereocenters. The van der Waals surface area contributed by atoms with Gasteiger partial charge in [0.15, 0.2) is 0 Å². The molecule has 1 aliphatic carbocycles. The molecular formula is C20H31N3O3S. The van der Waals surface area contributed by atoms with Gasteiger partial charge in [0.25, 0.3) is 5.91 Å². The predicted octanol–water partition coefficient (Wildman–Crippen LogP) is 2.19. The first-order valence-electron chi connectivity index (χ1n) is 9.86. The van der Waals surface area contributed by atoms with E-state index in [1.54, 1.807) is 10.4 Å². The summed E-state index contributed by atoms with van der Waals surface area (Å²) in [6, 6.07) is 3.26. The molecule has 1 atom stereocenters. The van der Waals surface area contributed by atoms with Gasteiger partial charge in [-0.25, -0.2) is 8.42 Å². The number of aryl methyl sites for hydroxylation is 1. The van der Waals surface area contributed by atoms with E-state index < -0.39 is 10.0 Å². The number of amides is 1. The van der Waals surface area contributed by atoms with Gasteiger partial charge in [-0.05, 0) is 74.6 Å². The van der Waals surface area contributed by atoms with E-state index in [4.69, 9.17) is 5.73 Å². The molecule has 7 heteroatoms. The fourth-order valence-electron chi connectivity index (χ4n) is 3.71. The number of hydrogen-bond acceptors (Lipinski definition) is 4. The third-order valence-corrected chi connectivity index (χ3v) is 8.03. The van der Waals surface area contributed by atoms with Crippen molar-refractivity contribution in [1.29, 1.82) is 0 Å². The zero-order chi connectivity index (χ0) is 19.8. The Morgan fingerprint density at radius 2 is 1.85 bits per heavy atom. The summed E-state index contributed by atoms with van der Waals surface area (Å²) in [5, 5.41) is 2.98. The van der Waals surface area contributed by atoms with Crippen LogP contribution in [0.2, 0.25) is 0 Å². The van der Waals surface area contributed by atoms with E-state index in [9.17, 15) is 13.2 Å². The van der Waals surface area contributed by atoms with Crippen molar-refractivity contribution < 1.29 is 13.2 Å². The average Bonchev–Trinajstić information content (AvgIpc) is 3.46. The summed E-state index contributed by atoms with van der Waals surface area (Å²) < 4.78 is 28.0. The fraction of sp³-hybridized carbons (Fsp3) is 0.650. The maximum atomic E-state index is 13.2. The smallest absolute Gasteiger partial charge is 0.251 e. The van der Waals surface area contributed by atoms with Crippen molar-refractivity contribution >= 4 is 15.9 Å². The molecule has 1 saturated carbocycles. The van der Waals surface area contributed by atoms with Crippen LogP contribution in [0.4, 0.5) is 0 Å². The number of benzene rings is 1. The number of nitrogens with one attached hydrogen (secondary N) is 1. The molecule has 2 fully saturated rings. The molecule has 0 spiro atoms. The highest BCUT2D eigenvalue weighted by Crippen LogP contribution is 2.32. The molecule has 1 aromatic rings. The lowest BCUT2D eigenvalue weighted by atomic mass is 10.0. The molecule has 0 aromatic heterocycles. The minimum atomic E-state index is -3.60. The summed E-state index contributed by atoms with van der Waals surface area (Å²) in [4.78, 5) is 13.0. The third-order valence-electron chi connectivity index (χ3n) is 6.00. The van der Waals surface area contributed by atoms with Crippen molar-refractivity contribution in [2.45, 2.75) is 57.4 Å². The van der Waals surface area contributed by atoms with Crippen LogP contribution in [0, 0.1) is 25.7 Å². The lowest BCUT2D eigenvalue weighted by Crippen LogP contribution is -2.42. The van der Waals surface area contributed by atoms with Gasteiger partial charge in [-0.3, -0.25) is 4.79 Å². The number of carbonyl (C=O) groups excluding carboxylic acids is 1. The lowest BCUT2D eigenvalue weighted by Gasteiger charge is -2.30. The van der Waals surface area contributed by atoms with Crippen molar-refractivity contribution in [2.24, 2.45) is 17.6 Å². The third kappa shape index (κ3) is 4.36. The normalized spacial score (nSPS) is 20.4. The Kier molecular flexibility index (Phi) is 5.93. The highest BCUT2D eigenvalue weighted by molar-refractivity contribution is 7.89. The standard InChI is InChI=1S/C20H31N3O3S/c1-13-6-8-23(9-7-13)27(25,26)19-11-17(10-14(2)15(19)3)20(24)22-18(12-21)16-4-5-16/h10-11,13,16,18H,4-9,12,21H2,1-3H3,(H,22,24). The summed E-state index contributed by atoms with van der Waals surface area (Å²) in [6.45, 7) is 7.29. The van der Waals surface area contributed by atoms with E-state index in [1.807, 2.05) is 13.8 Å². The first-order chi connectivity index (χ1) is 12.7. The van der Waals surface area contributed by atoms with Crippen LogP contribution in [-0.2, 0) is 10.0 Å². The molecule has 6 nitrogen and oxygen atoms in total. The van der Waals surface area contributed by atoms with Crippen molar-refractivity contribution in [3.05, 3.63) is 28.8 Å². The molecule has 3 N–H and O–H groups in total. The summed E-state index contributed by atoms with van der Waals surface area (Å²) in [7, 11) is -3.60. The number of nitrogens with zero attached hydrogens (tertiary/aromatic N) is 1. The van der Waals surface area contributed by atoms with E-state index in [0.717, 1.165) is 31.2 Å². The van der Waals surface area contributed by atoms with Crippen LogP contribution in [-0.4, -0.2) is 44.3 Å². The minimum Gasteiger partial charge on any atom is -0.348 e. The van der Waals surface area contributed by atoms with Gasteiger partial charge in [-0.15, -0.1) is 0 Å². The Hall–Kier alpha value is -1.44. The zero-order valence-electron chi connectivity index (χ0n) is 16.5. The molecule has 150 valence electrons. The van der Waals surface area contributed by atoms with E-state index >= 15 is 0 Å². The van der Waals surface area contributed by atoms with Crippen molar-refractivity contribution in [1.82, 2.24) is 9.62 Å². The van der Waals surface area contributed by atoms with Crippen LogP contribution in [0.25, 0.3) is 0 Å². The Labute approximate surface area is 162 Å². The Morgan fingerprint density at radius 3 is 2.41 bits per heavy atom. The summed E-state index contributed by atoms with van der Waals surface area (Å²) in [6.07, 6.45) is 3.91. The number of carbonyl (C=O) groups is 1. The fourth-order valence-corrected chi connectivity index (χ4v) is 5.50. The molecule has 1 aliphatic heterocycles. The predicted molar refractivity (Wildman–Crippen MR) is 106 cm³/mol. The maximum absolute atomic E-state index is 13.2. The number of piperidine rings is 1. The molecule has 2 aliphatic rings. The van der Waals surface area contributed by atoms with Crippen molar-refractivity contribution in [2.75, 3.05) is 19.6 Å². The number of rotatable bonds is 6. The van der Waals surface area contributed by atoms with E-state index in [-0.39, 0.29) is 16.8 Å². The molecule has 1 amide bonds. The van der Waals surface area contributed by atoms with Gasteiger partial charge in [-0.2, -0.15) is 4.31 Å². The van der Waals surface area contributed by atoms with Gasteiger partial charge in [0.2, 0.25) is 10.0 Å². The molecule has 1 heterocycles. The van der Waals surface area contributed by atoms with Crippen LogP contribution in [0.3, 0.4) is 0 Å². The molecule has 3 rings (SSSR count). The molecule has 1 saturated heterocycles. The van der Waals surface area contributed by atoms with Gasteiger partial charge in [0, 0.05) is 31.2 Å². The monoisotopic (exact) mass is 393 g/mol. The van der Waals surface area contributed by atoms with Crippen molar-refractivity contribution in [3.8, 4) is 0 Å². The van der Waals surface area contributed by atoms with Crippen molar-refractivity contribution in [3.63, 3.8) is 0 Å². The molecule has 27 heavy (non-hydrogen) atoms. The summed E-state index contributed by atoms with van der Waals surface area (Å²) in [5.74, 6) is 0.750. The van der Waals surface area contributed by atoms with E-state index in [2.05, 4.69) is 12.2 Å². The highest BCUT2D eigenvalue weighted by atomic mass is 32.2. The van der Waals surface area contributed by atoms with Crippen LogP contribution < -0.4 is 11.1 Å². The topological polar surface area (TPSA) is 92.5 Å². The first-order valence-corrected chi connectivity index (χ1v) is 11.3. The van der Waals surface area contributed by atoms with E-state index in [1.165, 1.54) is 6.07 Å². The first kappa shape index (κ1) is 20.3. The second kappa shape index (κ2) is 7.89.